The first kappa shape index (κ1) is 23.5. The van der Waals surface area contributed by atoms with Gasteiger partial charge in [0.15, 0.2) is 0 Å². The highest BCUT2D eigenvalue weighted by molar-refractivity contribution is 6.47. The molecule has 5 nitrogen and oxygen atoms in total. The highest BCUT2D eigenvalue weighted by Crippen LogP contribution is 2.47. The molecule has 33 heavy (non-hydrogen) atoms. The zero-order chi connectivity index (χ0) is 23.8. The number of amides is 1. The fourth-order valence-corrected chi connectivity index (χ4v) is 5.60. The molecular formula is C27H31ClN2O3. The molecule has 1 heterocycles. The van der Waals surface area contributed by atoms with Crippen LogP contribution in [-0.4, -0.2) is 33.3 Å². The van der Waals surface area contributed by atoms with E-state index in [-0.39, 0.29) is 17.5 Å². The van der Waals surface area contributed by atoms with Gasteiger partial charge in [-0.25, -0.2) is 4.79 Å². The molecule has 0 saturated heterocycles. The third-order valence-corrected chi connectivity index (χ3v) is 7.54. The van der Waals surface area contributed by atoms with E-state index in [1.165, 1.54) is 0 Å². The second kappa shape index (κ2) is 9.30. The summed E-state index contributed by atoms with van der Waals surface area (Å²) in [5.41, 5.74) is 1.82. The quantitative estimate of drug-likeness (QED) is 0.538. The standard InChI is InChI=1S/C27H31ClN2O3/c1-4-23(19-8-10-20(11-9-19)26(32)33)30-25(31)24(21-6-5-7-22(28)16-21)29-27(30)14-12-18(13-15-27)17(2)3/h5-11,16-18,23H,4,12-15H2,1-3H3,(H,32,33). The Morgan fingerprint density at radius 2 is 1.85 bits per heavy atom. The van der Waals surface area contributed by atoms with Crippen molar-refractivity contribution in [2.24, 2.45) is 16.8 Å². The predicted molar refractivity (Wildman–Crippen MR) is 131 cm³/mol. The number of carboxylic acids is 1. The highest BCUT2D eigenvalue weighted by atomic mass is 35.5. The number of aliphatic imine (C=N–C) groups is 1. The van der Waals surface area contributed by atoms with Crippen molar-refractivity contribution in [3.63, 3.8) is 0 Å². The molecule has 1 fully saturated rings. The van der Waals surface area contributed by atoms with Gasteiger partial charge in [-0.1, -0.05) is 56.6 Å². The van der Waals surface area contributed by atoms with Crippen molar-refractivity contribution >= 4 is 29.2 Å². The topological polar surface area (TPSA) is 70.0 Å². The molecule has 174 valence electrons. The number of hydrogen-bond donors (Lipinski definition) is 1. The van der Waals surface area contributed by atoms with Gasteiger partial charge in [-0.2, -0.15) is 0 Å². The molecule has 1 unspecified atom stereocenters. The summed E-state index contributed by atoms with van der Waals surface area (Å²) in [6, 6.07) is 14.0. The van der Waals surface area contributed by atoms with E-state index in [1.54, 1.807) is 24.3 Å². The molecule has 1 amide bonds. The molecule has 0 aromatic heterocycles. The molecule has 4 rings (SSSR count). The van der Waals surface area contributed by atoms with Gasteiger partial charge in [-0.3, -0.25) is 9.79 Å². The Morgan fingerprint density at radius 1 is 1.18 bits per heavy atom. The van der Waals surface area contributed by atoms with Crippen LogP contribution >= 0.6 is 11.6 Å². The first-order valence-electron chi connectivity index (χ1n) is 11.8. The summed E-state index contributed by atoms with van der Waals surface area (Å²) >= 11 is 6.24. The molecule has 1 aliphatic heterocycles. The van der Waals surface area contributed by atoms with Gasteiger partial charge in [-0.15, -0.1) is 0 Å². The van der Waals surface area contributed by atoms with Crippen LogP contribution in [0, 0.1) is 11.8 Å². The van der Waals surface area contributed by atoms with E-state index >= 15 is 0 Å². The highest BCUT2D eigenvalue weighted by Gasteiger charge is 2.51. The summed E-state index contributed by atoms with van der Waals surface area (Å²) in [6.07, 6.45) is 4.43. The van der Waals surface area contributed by atoms with Crippen LogP contribution in [0.5, 0.6) is 0 Å². The maximum Gasteiger partial charge on any atom is 0.335 e. The number of benzene rings is 2. The lowest BCUT2D eigenvalue weighted by Crippen LogP contribution is -2.51. The lowest BCUT2D eigenvalue weighted by molar-refractivity contribution is -0.133. The van der Waals surface area contributed by atoms with E-state index in [9.17, 15) is 14.7 Å². The van der Waals surface area contributed by atoms with Crippen LogP contribution in [0.25, 0.3) is 0 Å². The number of rotatable bonds is 6. The molecule has 0 bridgehead atoms. The zero-order valence-corrected chi connectivity index (χ0v) is 20.2. The lowest BCUT2D eigenvalue weighted by atomic mass is 9.76. The Bertz CT molecular complexity index is 1070. The van der Waals surface area contributed by atoms with Gasteiger partial charge < -0.3 is 10.0 Å². The molecular weight excluding hydrogens is 436 g/mol. The van der Waals surface area contributed by atoms with Gasteiger partial charge >= 0.3 is 5.97 Å². The number of halogens is 1. The van der Waals surface area contributed by atoms with Crippen LogP contribution in [-0.2, 0) is 4.79 Å². The van der Waals surface area contributed by atoms with Crippen LogP contribution < -0.4 is 0 Å². The number of carbonyl (C=O) groups excluding carboxylic acids is 1. The van der Waals surface area contributed by atoms with Gasteiger partial charge in [0.05, 0.1) is 11.6 Å². The summed E-state index contributed by atoms with van der Waals surface area (Å²) in [4.78, 5) is 32.3. The van der Waals surface area contributed by atoms with Gasteiger partial charge in [0.1, 0.15) is 11.4 Å². The summed E-state index contributed by atoms with van der Waals surface area (Å²) in [6.45, 7) is 6.59. The lowest BCUT2D eigenvalue weighted by Gasteiger charge is -2.46. The molecule has 2 aliphatic rings. The van der Waals surface area contributed by atoms with Gasteiger partial charge in [-0.05, 0) is 73.8 Å². The Hall–Kier alpha value is -2.66. The molecule has 1 N–H and O–H groups in total. The maximum atomic E-state index is 13.9. The Morgan fingerprint density at radius 3 is 2.39 bits per heavy atom. The first-order valence-corrected chi connectivity index (χ1v) is 12.2. The molecule has 1 aliphatic carbocycles. The van der Waals surface area contributed by atoms with Crippen LogP contribution in [0.4, 0.5) is 0 Å². The van der Waals surface area contributed by atoms with E-state index in [0.29, 0.717) is 29.0 Å². The van der Waals surface area contributed by atoms with E-state index < -0.39 is 11.6 Å². The summed E-state index contributed by atoms with van der Waals surface area (Å²) in [5, 5.41) is 9.86. The van der Waals surface area contributed by atoms with Crippen LogP contribution in [0.3, 0.4) is 0 Å². The molecule has 0 radical (unpaired) electrons. The molecule has 1 saturated carbocycles. The van der Waals surface area contributed by atoms with E-state index in [4.69, 9.17) is 16.6 Å². The third-order valence-electron chi connectivity index (χ3n) is 7.30. The van der Waals surface area contributed by atoms with Crippen molar-refractivity contribution in [2.45, 2.75) is 64.6 Å². The normalized spacial score (nSPS) is 23.8. The Labute approximate surface area is 200 Å². The van der Waals surface area contributed by atoms with Crippen molar-refractivity contribution in [1.29, 1.82) is 0 Å². The number of carboxylic acid groups (broad SMARTS) is 1. The summed E-state index contributed by atoms with van der Waals surface area (Å²) in [5.74, 6) is 0.207. The van der Waals surface area contributed by atoms with E-state index in [0.717, 1.165) is 36.8 Å². The van der Waals surface area contributed by atoms with E-state index in [2.05, 4.69) is 20.8 Å². The van der Waals surface area contributed by atoms with Crippen LogP contribution in [0.1, 0.15) is 80.4 Å². The average molecular weight is 467 g/mol. The molecule has 1 atom stereocenters. The smallest absolute Gasteiger partial charge is 0.335 e. The average Bonchev–Trinajstić information content (AvgIpc) is 3.07. The SMILES string of the molecule is CCC(c1ccc(C(=O)O)cc1)N1C(=O)C(c2cccc(Cl)c2)=NC12CCC(C(C)C)CC2. The number of carbonyl (C=O) groups is 2. The molecule has 2 aromatic carbocycles. The van der Waals surface area contributed by atoms with Crippen LogP contribution in [0.15, 0.2) is 53.5 Å². The van der Waals surface area contributed by atoms with E-state index in [1.807, 2.05) is 29.2 Å². The van der Waals surface area contributed by atoms with Crippen molar-refractivity contribution in [2.75, 3.05) is 0 Å². The minimum absolute atomic E-state index is 0.0746. The number of nitrogens with zero attached hydrogens (tertiary/aromatic N) is 2. The Balaban J connectivity index is 1.75. The van der Waals surface area contributed by atoms with Crippen LogP contribution in [0.2, 0.25) is 5.02 Å². The fraction of sp³-hybridized carbons (Fsp3) is 0.444. The Kier molecular flexibility index (Phi) is 6.62. The fourth-order valence-electron chi connectivity index (χ4n) is 5.41. The third kappa shape index (κ3) is 4.43. The molecule has 1 spiro atoms. The number of aromatic carboxylic acids is 1. The van der Waals surface area contributed by atoms with Gasteiger partial charge in [0, 0.05) is 10.6 Å². The second-order valence-corrected chi connectivity index (χ2v) is 10.00. The minimum Gasteiger partial charge on any atom is -0.478 e. The molecule has 2 aromatic rings. The van der Waals surface area contributed by atoms with Crippen molar-refractivity contribution in [3.8, 4) is 0 Å². The van der Waals surface area contributed by atoms with Crippen molar-refractivity contribution < 1.29 is 14.7 Å². The molecule has 6 heteroatoms. The summed E-state index contributed by atoms with van der Waals surface area (Å²) < 4.78 is 0. The maximum absolute atomic E-state index is 13.9. The van der Waals surface area contributed by atoms with Crippen molar-refractivity contribution in [3.05, 3.63) is 70.2 Å². The summed E-state index contributed by atoms with van der Waals surface area (Å²) in [7, 11) is 0. The zero-order valence-electron chi connectivity index (χ0n) is 19.4. The van der Waals surface area contributed by atoms with Gasteiger partial charge in [0.2, 0.25) is 0 Å². The largest absolute Gasteiger partial charge is 0.478 e. The monoisotopic (exact) mass is 466 g/mol. The first-order chi connectivity index (χ1) is 15.8. The second-order valence-electron chi connectivity index (χ2n) is 9.56. The predicted octanol–water partition coefficient (Wildman–Crippen LogP) is 6.36. The van der Waals surface area contributed by atoms with Gasteiger partial charge in [0.25, 0.3) is 5.91 Å². The number of hydrogen-bond acceptors (Lipinski definition) is 3. The van der Waals surface area contributed by atoms with Crippen molar-refractivity contribution in [1.82, 2.24) is 4.90 Å². The minimum atomic E-state index is -0.957.